The fourth-order valence-corrected chi connectivity index (χ4v) is 1.87. The van der Waals surface area contributed by atoms with Gasteiger partial charge in [0.15, 0.2) is 0 Å². The van der Waals surface area contributed by atoms with E-state index >= 15 is 0 Å². The van der Waals surface area contributed by atoms with Crippen molar-refractivity contribution in [3.8, 4) is 5.75 Å². The van der Waals surface area contributed by atoms with Crippen LogP contribution < -0.4 is 10.2 Å². The number of benzene rings is 1. The quantitative estimate of drug-likeness (QED) is 0.431. The van der Waals surface area contributed by atoms with E-state index in [1.165, 1.54) is 6.92 Å². The summed E-state index contributed by atoms with van der Waals surface area (Å²) in [5, 5.41) is 3.81. The highest BCUT2D eigenvalue weighted by Crippen LogP contribution is 2.11. The molecule has 0 fully saturated rings. The summed E-state index contributed by atoms with van der Waals surface area (Å²) in [5.41, 5.74) is 3.28. The first kappa shape index (κ1) is 17.2. The highest BCUT2D eigenvalue weighted by molar-refractivity contribution is 5.81. The first-order valence-corrected chi connectivity index (χ1v) is 7.40. The Morgan fingerprint density at radius 2 is 1.95 bits per heavy atom. The van der Waals surface area contributed by atoms with Gasteiger partial charge in [-0.2, -0.15) is 5.10 Å². The SMILES string of the molecule is CCN(CC)CCCOc1ccc(/C=N/NC(C)=O)cc1. The second-order valence-corrected chi connectivity index (χ2v) is 4.72. The van der Waals surface area contributed by atoms with Crippen LogP contribution in [-0.2, 0) is 4.79 Å². The lowest BCUT2D eigenvalue weighted by Gasteiger charge is -2.17. The monoisotopic (exact) mass is 291 g/mol. The van der Waals surface area contributed by atoms with Gasteiger partial charge in [-0.15, -0.1) is 0 Å². The van der Waals surface area contributed by atoms with E-state index in [2.05, 4.69) is 29.3 Å². The number of nitrogens with one attached hydrogen (secondary N) is 1. The summed E-state index contributed by atoms with van der Waals surface area (Å²) in [4.78, 5) is 13.1. The molecule has 0 aromatic heterocycles. The Morgan fingerprint density at radius 3 is 2.52 bits per heavy atom. The highest BCUT2D eigenvalue weighted by Gasteiger charge is 1.99. The Balaban J connectivity index is 2.31. The number of hydrogen-bond acceptors (Lipinski definition) is 4. The second-order valence-electron chi connectivity index (χ2n) is 4.72. The molecule has 116 valence electrons. The predicted molar refractivity (Wildman–Crippen MR) is 85.8 cm³/mol. The van der Waals surface area contributed by atoms with Crippen molar-refractivity contribution >= 4 is 12.1 Å². The molecule has 0 aliphatic carbocycles. The third-order valence-corrected chi connectivity index (χ3v) is 3.10. The lowest BCUT2D eigenvalue weighted by atomic mass is 10.2. The van der Waals surface area contributed by atoms with E-state index in [0.717, 1.165) is 44.0 Å². The Labute approximate surface area is 127 Å². The van der Waals surface area contributed by atoms with Crippen molar-refractivity contribution in [2.45, 2.75) is 27.2 Å². The van der Waals surface area contributed by atoms with Gasteiger partial charge in [0.25, 0.3) is 0 Å². The Kier molecular flexibility index (Phi) is 8.12. The molecular formula is C16H25N3O2. The van der Waals surface area contributed by atoms with E-state index < -0.39 is 0 Å². The number of carbonyl (C=O) groups excluding carboxylic acids is 1. The molecular weight excluding hydrogens is 266 g/mol. The molecule has 1 N–H and O–H groups in total. The normalized spacial score (nSPS) is 11.0. The fraction of sp³-hybridized carbons (Fsp3) is 0.500. The Hall–Kier alpha value is -1.88. The Bertz CT molecular complexity index is 439. The maximum Gasteiger partial charge on any atom is 0.236 e. The number of nitrogens with zero attached hydrogens (tertiary/aromatic N) is 2. The first-order valence-electron chi connectivity index (χ1n) is 7.40. The van der Waals surface area contributed by atoms with E-state index in [4.69, 9.17) is 4.74 Å². The molecule has 0 saturated heterocycles. The first-order chi connectivity index (χ1) is 10.2. The van der Waals surface area contributed by atoms with Gasteiger partial charge in [0.05, 0.1) is 12.8 Å². The number of amides is 1. The zero-order valence-electron chi connectivity index (χ0n) is 13.1. The van der Waals surface area contributed by atoms with Crippen LogP contribution in [0.25, 0.3) is 0 Å². The third-order valence-electron chi connectivity index (χ3n) is 3.10. The van der Waals surface area contributed by atoms with Crippen molar-refractivity contribution in [1.82, 2.24) is 10.3 Å². The molecule has 1 aromatic carbocycles. The van der Waals surface area contributed by atoms with E-state index in [1.54, 1.807) is 6.21 Å². The lowest BCUT2D eigenvalue weighted by Crippen LogP contribution is -2.25. The van der Waals surface area contributed by atoms with Gasteiger partial charge in [-0.1, -0.05) is 13.8 Å². The second kappa shape index (κ2) is 9.94. The van der Waals surface area contributed by atoms with Crippen LogP contribution in [0.4, 0.5) is 0 Å². The minimum atomic E-state index is -0.181. The number of rotatable bonds is 9. The van der Waals surface area contributed by atoms with E-state index in [0.29, 0.717) is 0 Å². The topological polar surface area (TPSA) is 53.9 Å². The predicted octanol–water partition coefficient (Wildman–Crippen LogP) is 2.27. The van der Waals surface area contributed by atoms with Crippen molar-refractivity contribution < 1.29 is 9.53 Å². The van der Waals surface area contributed by atoms with E-state index in [1.807, 2.05) is 24.3 Å². The van der Waals surface area contributed by atoms with Crippen LogP contribution in [0, 0.1) is 0 Å². The van der Waals surface area contributed by atoms with Crippen LogP contribution in [0.5, 0.6) is 5.75 Å². The van der Waals surface area contributed by atoms with Crippen LogP contribution in [0.1, 0.15) is 32.8 Å². The summed E-state index contributed by atoms with van der Waals surface area (Å²) in [7, 11) is 0. The molecule has 0 bridgehead atoms. The van der Waals surface area contributed by atoms with Crippen LogP contribution >= 0.6 is 0 Å². The maximum absolute atomic E-state index is 10.7. The molecule has 1 rings (SSSR count). The number of hydrazone groups is 1. The van der Waals surface area contributed by atoms with Crippen molar-refractivity contribution in [3.05, 3.63) is 29.8 Å². The molecule has 0 unspecified atom stereocenters. The third kappa shape index (κ3) is 7.46. The number of hydrogen-bond donors (Lipinski definition) is 1. The molecule has 21 heavy (non-hydrogen) atoms. The summed E-state index contributed by atoms with van der Waals surface area (Å²) in [6.45, 7) is 9.71. The van der Waals surface area contributed by atoms with Gasteiger partial charge in [-0.05, 0) is 49.3 Å². The van der Waals surface area contributed by atoms with Crippen molar-refractivity contribution in [2.75, 3.05) is 26.2 Å². The van der Waals surface area contributed by atoms with Crippen molar-refractivity contribution in [2.24, 2.45) is 5.10 Å². The van der Waals surface area contributed by atoms with Gasteiger partial charge in [0, 0.05) is 13.5 Å². The molecule has 1 aromatic rings. The van der Waals surface area contributed by atoms with E-state index in [9.17, 15) is 4.79 Å². The maximum atomic E-state index is 10.7. The zero-order chi connectivity index (χ0) is 15.5. The minimum absolute atomic E-state index is 0.181. The zero-order valence-corrected chi connectivity index (χ0v) is 13.1. The standard InChI is InChI=1S/C16H25N3O2/c1-4-19(5-2)11-6-12-21-16-9-7-15(8-10-16)13-17-18-14(3)20/h7-10,13H,4-6,11-12H2,1-3H3,(H,18,20)/b17-13+. The molecule has 0 heterocycles. The van der Waals surface area contributed by atoms with Gasteiger partial charge in [0.2, 0.25) is 5.91 Å². The van der Waals surface area contributed by atoms with Gasteiger partial charge in [-0.3, -0.25) is 4.79 Å². The summed E-state index contributed by atoms with van der Waals surface area (Å²) in [6.07, 6.45) is 2.62. The van der Waals surface area contributed by atoms with Crippen molar-refractivity contribution in [1.29, 1.82) is 0 Å². The molecule has 0 radical (unpaired) electrons. The summed E-state index contributed by atoms with van der Waals surface area (Å²) in [5.74, 6) is 0.672. The summed E-state index contributed by atoms with van der Waals surface area (Å²) in [6, 6.07) is 7.63. The molecule has 0 spiro atoms. The number of carbonyl (C=O) groups is 1. The smallest absolute Gasteiger partial charge is 0.236 e. The van der Waals surface area contributed by atoms with Crippen LogP contribution in [0.3, 0.4) is 0 Å². The molecule has 5 heteroatoms. The summed E-state index contributed by atoms with van der Waals surface area (Å²) < 4.78 is 5.70. The van der Waals surface area contributed by atoms with Crippen LogP contribution in [-0.4, -0.2) is 43.3 Å². The molecule has 5 nitrogen and oxygen atoms in total. The minimum Gasteiger partial charge on any atom is -0.494 e. The summed E-state index contributed by atoms with van der Waals surface area (Å²) >= 11 is 0. The molecule has 1 amide bonds. The molecule has 0 atom stereocenters. The average molecular weight is 291 g/mol. The van der Waals surface area contributed by atoms with Crippen molar-refractivity contribution in [3.63, 3.8) is 0 Å². The van der Waals surface area contributed by atoms with Gasteiger partial charge >= 0.3 is 0 Å². The van der Waals surface area contributed by atoms with Gasteiger partial charge in [0.1, 0.15) is 5.75 Å². The van der Waals surface area contributed by atoms with Gasteiger partial charge in [-0.25, -0.2) is 5.43 Å². The fourth-order valence-electron chi connectivity index (χ4n) is 1.87. The lowest BCUT2D eigenvalue weighted by molar-refractivity contribution is -0.118. The average Bonchev–Trinajstić information content (AvgIpc) is 2.48. The number of ether oxygens (including phenoxy) is 1. The van der Waals surface area contributed by atoms with Crippen LogP contribution in [0.2, 0.25) is 0 Å². The van der Waals surface area contributed by atoms with E-state index in [-0.39, 0.29) is 5.91 Å². The largest absolute Gasteiger partial charge is 0.494 e. The van der Waals surface area contributed by atoms with Gasteiger partial charge < -0.3 is 9.64 Å². The highest BCUT2D eigenvalue weighted by atomic mass is 16.5. The Morgan fingerprint density at radius 1 is 1.29 bits per heavy atom. The molecule has 0 saturated carbocycles. The molecule has 0 aliphatic rings. The molecule has 0 aliphatic heterocycles. The van der Waals surface area contributed by atoms with Crippen LogP contribution in [0.15, 0.2) is 29.4 Å².